The third-order valence-electron chi connectivity index (χ3n) is 2.31. The second-order valence-electron chi connectivity index (χ2n) is 3.70. The predicted octanol–water partition coefficient (Wildman–Crippen LogP) is 2.74. The summed E-state index contributed by atoms with van der Waals surface area (Å²) >= 11 is 1.28. The highest BCUT2D eigenvalue weighted by Crippen LogP contribution is 2.21. The largest absolute Gasteiger partial charge is 0.361 e. The Morgan fingerprint density at radius 2 is 2.06 bits per heavy atom. The molecular formula is C13H14N4S. The highest BCUT2D eigenvalue weighted by atomic mass is 32.2. The molecule has 92 valence electrons. The second-order valence-corrected chi connectivity index (χ2v) is 4.70. The zero-order chi connectivity index (χ0) is 13.0. The minimum Gasteiger partial charge on any atom is -0.361 e. The third kappa shape index (κ3) is 2.87. The Bertz CT molecular complexity index is 595. The Balaban J connectivity index is 2.25. The Hall–Kier alpha value is -1.88. The van der Waals surface area contributed by atoms with Gasteiger partial charge in [0.2, 0.25) is 0 Å². The monoisotopic (exact) mass is 258 g/mol. The van der Waals surface area contributed by atoms with Crippen LogP contribution < -0.4 is 5.32 Å². The van der Waals surface area contributed by atoms with Crippen molar-refractivity contribution in [3.05, 3.63) is 42.6 Å². The number of hydrogen-bond donors (Lipinski definition) is 2. The average Bonchev–Trinajstić information content (AvgIpc) is 2.37. The lowest BCUT2D eigenvalue weighted by Crippen LogP contribution is -2.19. The third-order valence-corrected chi connectivity index (χ3v) is 3.24. The molecule has 0 fully saturated rings. The molecule has 4 nitrogen and oxygen atoms in total. The molecule has 2 aromatic rings. The van der Waals surface area contributed by atoms with Crippen molar-refractivity contribution >= 4 is 28.0 Å². The number of nitrogens with one attached hydrogen (secondary N) is 2. The van der Waals surface area contributed by atoms with Crippen LogP contribution in [0.2, 0.25) is 0 Å². The van der Waals surface area contributed by atoms with Crippen LogP contribution in [0.15, 0.2) is 41.9 Å². The average molecular weight is 258 g/mol. The molecule has 1 aromatic heterocycles. The topological polar surface area (TPSA) is 61.7 Å². The van der Waals surface area contributed by atoms with Crippen molar-refractivity contribution in [3.63, 3.8) is 0 Å². The minimum atomic E-state index is 0.350. The van der Waals surface area contributed by atoms with Gasteiger partial charge >= 0.3 is 0 Å². The highest BCUT2D eigenvalue weighted by molar-refractivity contribution is 8.13. The standard InChI is InChI=1S/C13H14N4S/c1-3-8-15-13(14)18-12-9(2)16-10-6-4-5-7-11(10)17-12/h3-7H,1,8H2,2H3,(H2,14,15). The summed E-state index contributed by atoms with van der Waals surface area (Å²) in [5.74, 6) is 0. The number of thioether (sulfide) groups is 1. The van der Waals surface area contributed by atoms with Gasteiger partial charge in [0.1, 0.15) is 5.03 Å². The summed E-state index contributed by atoms with van der Waals surface area (Å²) in [6.45, 7) is 6.08. The van der Waals surface area contributed by atoms with Gasteiger partial charge < -0.3 is 5.32 Å². The number of para-hydroxylation sites is 2. The first kappa shape index (κ1) is 12.6. The number of aromatic nitrogens is 2. The van der Waals surface area contributed by atoms with E-state index < -0.39 is 0 Å². The Kier molecular flexibility index (Phi) is 3.94. The van der Waals surface area contributed by atoms with Gasteiger partial charge in [-0.15, -0.1) is 6.58 Å². The molecule has 0 radical (unpaired) electrons. The molecule has 5 heteroatoms. The molecule has 0 amide bonds. The van der Waals surface area contributed by atoms with E-state index in [0.29, 0.717) is 11.7 Å². The van der Waals surface area contributed by atoms with E-state index in [9.17, 15) is 0 Å². The fourth-order valence-electron chi connectivity index (χ4n) is 1.47. The van der Waals surface area contributed by atoms with E-state index in [1.54, 1.807) is 6.08 Å². The van der Waals surface area contributed by atoms with Gasteiger partial charge in [-0.1, -0.05) is 18.2 Å². The normalized spacial score (nSPS) is 10.3. The molecule has 2 rings (SSSR count). The van der Waals surface area contributed by atoms with Crippen LogP contribution in [0.4, 0.5) is 0 Å². The van der Waals surface area contributed by atoms with Crippen LogP contribution in [0.1, 0.15) is 5.69 Å². The smallest absolute Gasteiger partial charge is 0.160 e. The van der Waals surface area contributed by atoms with Gasteiger partial charge in [0.25, 0.3) is 0 Å². The highest BCUT2D eigenvalue weighted by Gasteiger charge is 2.08. The van der Waals surface area contributed by atoms with E-state index >= 15 is 0 Å². The maximum atomic E-state index is 7.77. The summed E-state index contributed by atoms with van der Waals surface area (Å²) in [6, 6.07) is 7.73. The quantitative estimate of drug-likeness (QED) is 0.384. The van der Waals surface area contributed by atoms with Crippen LogP contribution in [-0.4, -0.2) is 21.7 Å². The van der Waals surface area contributed by atoms with Crippen molar-refractivity contribution in [2.75, 3.05) is 6.54 Å². The molecule has 0 unspecified atom stereocenters. The lowest BCUT2D eigenvalue weighted by atomic mass is 10.3. The summed E-state index contributed by atoms with van der Waals surface area (Å²) in [7, 11) is 0. The van der Waals surface area contributed by atoms with E-state index in [0.717, 1.165) is 21.8 Å². The van der Waals surface area contributed by atoms with Crippen LogP contribution in [0.25, 0.3) is 11.0 Å². The maximum absolute atomic E-state index is 7.77. The Labute approximate surface area is 110 Å². The van der Waals surface area contributed by atoms with E-state index in [2.05, 4.69) is 21.9 Å². The molecule has 18 heavy (non-hydrogen) atoms. The fourth-order valence-corrected chi connectivity index (χ4v) is 2.15. The predicted molar refractivity (Wildman–Crippen MR) is 76.1 cm³/mol. The maximum Gasteiger partial charge on any atom is 0.160 e. The lowest BCUT2D eigenvalue weighted by Gasteiger charge is -2.07. The summed E-state index contributed by atoms with van der Waals surface area (Å²) in [5.41, 5.74) is 2.57. The van der Waals surface area contributed by atoms with Crippen LogP contribution in [0.5, 0.6) is 0 Å². The first-order chi connectivity index (χ1) is 8.70. The van der Waals surface area contributed by atoms with Crippen molar-refractivity contribution < 1.29 is 0 Å². The van der Waals surface area contributed by atoms with Gasteiger partial charge in [0.05, 0.1) is 16.7 Å². The van der Waals surface area contributed by atoms with Gasteiger partial charge in [-0.25, -0.2) is 9.97 Å². The van der Waals surface area contributed by atoms with Crippen molar-refractivity contribution in [1.29, 1.82) is 5.41 Å². The van der Waals surface area contributed by atoms with Crippen LogP contribution in [-0.2, 0) is 0 Å². The molecule has 0 aliphatic rings. The van der Waals surface area contributed by atoms with Gasteiger partial charge in [0, 0.05) is 6.54 Å². The lowest BCUT2D eigenvalue weighted by molar-refractivity contribution is 1.03. The molecule has 2 N–H and O–H groups in total. The zero-order valence-corrected chi connectivity index (χ0v) is 10.9. The molecule has 1 aromatic carbocycles. The molecule has 0 saturated carbocycles. The molecule has 0 aliphatic carbocycles. The van der Waals surface area contributed by atoms with E-state index in [1.165, 1.54) is 11.8 Å². The molecule has 0 bridgehead atoms. The number of hydrogen-bond acceptors (Lipinski definition) is 4. The van der Waals surface area contributed by atoms with Crippen molar-refractivity contribution in [2.24, 2.45) is 0 Å². The summed E-state index contributed by atoms with van der Waals surface area (Å²) in [6.07, 6.45) is 1.72. The van der Waals surface area contributed by atoms with Crippen LogP contribution in [0, 0.1) is 12.3 Å². The Morgan fingerprint density at radius 1 is 1.39 bits per heavy atom. The Morgan fingerprint density at radius 3 is 2.72 bits per heavy atom. The van der Waals surface area contributed by atoms with Gasteiger partial charge in [-0.3, -0.25) is 5.41 Å². The minimum absolute atomic E-state index is 0.350. The molecule has 0 atom stereocenters. The van der Waals surface area contributed by atoms with Crippen LogP contribution >= 0.6 is 11.8 Å². The SMILES string of the molecule is C=CCNC(=N)Sc1nc2ccccc2nc1C. The van der Waals surface area contributed by atoms with Gasteiger partial charge in [-0.05, 0) is 30.8 Å². The second kappa shape index (κ2) is 5.64. The fraction of sp³-hybridized carbons (Fsp3) is 0.154. The number of rotatable bonds is 3. The number of nitrogens with zero attached hydrogens (tertiary/aromatic N) is 2. The van der Waals surface area contributed by atoms with Gasteiger partial charge in [0.15, 0.2) is 5.17 Å². The number of aryl methyl sites for hydroxylation is 1. The van der Waals surface area contributed by atoms with E-state index in [4.69, 9.17) is 5.41 Å². The van der Waals surface area contributed by atoms with E-state index in [1.807, 2.05) is 31.2 Å². The molecule has 0 saturated heterocycles. The summed E-state index contributed by atoms with van der Waals surface area (Å²) in [4.78, 5) is 9.00. The molecular weight excluding hydrogens is 244 g/mol. The van der Waals surface area contributed by atoms with Crippen molar-refractivity contribution in [1.82, 2.24) is 15.3 Å². The summed E-state index contributed by atoms with van der Waals surface area (Å²) in [5, 5.41) is 11.8. The number of fused-ring (bicyclic) bond motifs is 1. The molecule has 1 heterocycles. The van der Waals surface area contributed by atoms with E-state index in [-0.39, 0.29) is 0 Å². The molecule has 0 spiro atoms. The first-order valence-electron chi connectivity index (χ1n) is 5.55. The molecule has 0 aliphatic heterocycles. The van der Waals surface area contributed by atoms with Crippen molar-refractivity contribution in [3.8, 4) is 0 Å². The number of amidine groups is 1. The zero-order valence-electron chi connectivity index (χ0n) is 10.1. The summed E-state index contributed by atoms with van der Waals surface area (Å²) < 4.78 is 0. The van der Waals surface area contributed by atoms with Crippen molar-refractivity contribution in [2.45, 2.75) is 11.9 Å². The number of benzene rings is 1. The van der Waals surface area contributed by atoms with Crippen LogP contribution in [0.3, 0.4) is 0 Å². The van der Waals surface area contributed by atoms with Gasteiger partial charge in [-0.2, -0.15) is 0 Å². The first-order valence-corrected chi connectivity index (χ1v) is 6.37.